The van der Waals surface area contributed by atoms with Gasteiger partial charge in [0.2, 0.25) is 5.88 Å². The van der Waals surface area contributed by atoms with Crippen molar-refractivity contribution in [2.45, 2.75) is 51.9 Å². The Balaban J connectivity index is 1.21. The van der Waals surface area contributed by atoms with Crippen LogP contribution in [0.5, 0.6) is 5.88 Å². The van der Waals surface area contributed by atoms with Crippen LogP contribution in [-0.4, -0.2) is 64.2 Å². The summed E-state index contributed by atoms with van der Waals surface area (Å²) in [5.41, 5.74) is 10.1. The Morgan fingerprint density at radius 2 is 1.87 bits per heavy atom. The number of aryl methyl sites for hydroxylation is 1. The van der Waals surface area contributed by atoms with Crippen molar-refractivity contribution in [3.63, 3.8) is 0 Å². The van der Waals surface area contributed by atoms with Crippen molar-refractivity contribution in [2.75, 3.05) is 37.5 Å². The number of piperidine rings is 1. The van der Waals surface area contributed by atoms with E-state index in [1.54, 1.807) is 13.4 Å². The number of para-hydroxylation sites is 1. The highest BCUT2D eigenvalue weighted by Gasteiger charge is 2.26. The summed E-state index contributed by atoms with van der Waals surface area (Å²) in [5.74, 6) is 1.42. The number of benzene rings is 2. The Morgan fingerprint density at radius 3 is 2.67 bits per heavy atom. The number of nitrogens with zero attached hydrogens (tertiary/aromatic N) is 5. The number of hydrogen-bond acceptors (Lipinski definition) is 8. The minimum absolute atomic E-state index is 0.0435. The Labute approximate surface area is 270 Å². The predicted octanol–water partition coefficient (Wildman–Crippen LogP) is 6.38. The van der Waals surface area contributed by atoms with Crippen LogP contribution >= 0.6 is 0 Å². The maximum Gasteiger partial charge on any atom is 0.217 e. The van der Waals surface area contributed by atoms with Crippen molar-refractivity contribution < 1.29 is 4.74 Å². The van der Waals surface area contributed by atoms with Crippen molar-refractivity contribution in [3.05, 3.63) is 101 Å². The molecule has 9 nitrogen and oxygen atoms in total. The number of aromatic amines is 1. The molecule has 9 heteroatoms. The highest BCUT2D eigenvalue weighted by atomic mass is 16.5. The summed E-state index contributed by atoms with van der Waals surface area (Å²) in [6.07, 6.45) is 10.1. The van der Waals surface area contributed by atoms with E-state index in [4.69, 9.17) is 14.7 Å². The summed E-state index contributed by atoms with van der Waals surface area (Å²) in [7, 11) is 3.87. The Morgan fingerprint density at radius 1 is 1.04 bits per heavy atom. The minimum atomic E-state index is -0.0435. The van der Waals surface area contributed by atoms with Gasteiger partial charge in [0.15, 0.2) is 0 Å². The molecule has 46 heavy (non-hydrogen) atoms. The summed E-state index contributed by atoms with van der Waals surface area (Å²) in [5, 5.41) is 8.44. The van der Waals surface area contributed by atoms with E-state index in [0.29, 0.717) is 18.5 Å². The smallest absolute Gasteiger partial charge is 0.217 e. The number of hydrogen-bond donors (Lipinski definition) is 3. The number of likely N-dealkylation sites (tertiary alicyclic amines) is 1. The molecule has 1 atom stereocenters. The van der Waals surface area contributed by atoms with E-state index >= 15 is 0 Å². The first kappa shape index (κ1) is 30.0. The average molecular weight is 615 g/mol. The van der Waals surface area contributed by atoms with Crippen LogP contribution in [0.3, 0.4) is 0 Å². The Hall–Kier alpha value is -4.73. The molecule has 2 aliphatic heterocycles. The molecule has 2 aliphatic rings. The number of anilines is 2. The number of ether oxygens (including phenoxy) is 1. The minimum Gasteiger partial charge on any atom is -0.481 e. The van der Waals surface area contributed by atoms with E-state index < -0.39 is 0 Å². The zero-order valence-corrected chi connectivity index (χ0v) is 27.0. The topological polar surface area (TPSA) is 94.2 Å². The quantitative estimate of drug-likeness (QED) is 0.176. The van der Waals surface area contributed by atoms with Crippen LogP contribution in [0.25, 0.3) is 28.2 Å². The van der Waals surface area contributed by atoms with E-state index in [0.717, 1.165) is 71.7 Å². The predicted molar refractivity (Wildman–Crippen MR) is 186 cm³/mol. The molecule has 1 saturated heterocycles. The number of methoxy groups -OCH3 is 1. The molecule has 0 spiro atoms. The maximum absolute atomic E-state index is 5.67. The molecule has 3 N–H and O–H groups in total. The second-order valence-corrected chi connectivity index (χ2v) is 12.5. The number of pyridine rings is 1. The number of nitrogens with one attached hydrogen (secondary N) is 3. The van der Waals surface area contributed by atoms with Crippen LogP contribution in [0.1, 0.15) is 42.0 Å². The van der Waals surface area contributed by atoms with E-state index in [1.165, 1.54) is 22.4 Å². The molecule has 0 bridgehead atoms. The molecule has 0 radical (unpaired) electrons. The van der Waals surface area contributed by atoms with Gasteiger partial charge in [0.1, 0.15) is 17.8 Å². The van der Waals surface area contributed by atoms with Gasteiger partial charge in [0.25, 0.3) is 0 Å². The lowest BCUT2D eigenvalue weighted by Crippen LogP contribution is -2.40. The molecule has 0 saturated carbocycles. The van der Waals surface area contributed by atoms with E-state index in [2.05, 4.69) is 112 Å². The number of rotatable bonds is 9. The Bertz CT molecular complexity index is 1860. The molecule has 5 aromatic rings. The first-order valence-corrected chi connectivity index (χ1v) is 16.1. The first-order chi connectivity index (χ1) is 22.5. The van der Waals surface area contributed by atoms with Gasteiger partial charge in [-0.3, -0.25) is 0 Å². The van der Waals surface area contributed by atoms with E-state index in [-0.39, 0.29) is 6.04 Å². The molecule has 0 aliphatic carbocycles. The van der Waals surface area contributed by atoms with Gasteiger partial charge in [0.05, 0.1) is 18.5 Å². The highest BCUT2D eigenvalue weighted by Crippen LogP contribution is 2.37. The van der Waals surface area contributed by atoms with Crippen LogP contribution in [0, 0.1) is 6.92 Å². The summed E-state index contributed by atoms with van der Waals surface area (Å²) in [4.78, 5) is 22.2. The zero-order chi connectivity index (χ0) is 31.6. The summed E-state index contributed by atoms with van der Waals surface area (Å²) in [6, 6.07) is 19.8. The second kappa shape index (κ2) is 12.9. The van der Waals surface area contributed by atoms with Crippen LogP contribution in [0.4, 0.5) is 11.5 Å². The van der Waals surface area contributed by atoms with Gasteiger partial charge >= 0.3 is 0 Å². The lowest BCUT2D eigenvalue weighted by molar-refractivity contribution is 0.233. The largest absolute Gasteiger partial charge is 0.481 e. The van der Waals surface area contributed by atoms with Gasteiger partial charge in [-0.1, -0.05) is 36.4 Å². The van der Waals surface area contributed by atoms with E-state index in [9.17, 15) is 0 Å². The van der Waals surface area contributed by atoms with Crippen LogP contribution in [-0.2, 0) is 13.1 Å². The molecule has 236 valence electrons. The lowest BCUT2D eigenvalue weighted by Gasteiger charge is -2.36. The van der Waals surface area contributed by atoms with E-state index in [1.807, 2.05) is 12.4 Å². The van der Waals surface area contributed by atoms with Gasteiger partial charge in [-0.05, 0) is 87.8 Å². The van der Waals surface area contributed by atoms with Crippen molar-refractivity contribution in [1.29, 1.82) is 0 Å². The third kappa shape index (κ3) is 5.96. The van der Waals surface area contributed by atoms with Crippen molar-refractivity contribution in [2.24, 2.45) is 0 Å². The highest BCUT2D eigenvalue weighted by molar-refractivity contribution is 6.01. The average Bonchev–Trinajstić information content (AvgIpc) is 3.53. The number of aromatic nitrogens is 4. The lowest BCUT2D eigenvalue weighted by atomic mass is 9.94. The molecule has 7 rings (SSSR count). The summed E-state index contributed by atoms with van der Waals surface area (Å²) < 4.78 is 5.67. The van der Waals surface area contributed by atoms with Crippen LogP contribution in [0.2, 0.25) is 0 Å². The van der Waals surface area contributed by atoms with Gasteiger partial charge < -0.3 is 30.2 Å². The maximum atomic E-state index is 5.67. The fourth-order valence-corrected chi connectivity index (χ4v) is 6.77. The summed E-state index contributed by atoms with van der Waals surface area (Å²) >= 11 is 0. The standard InChI is InChI=1S/C37H42N8O/c1-24-9-8-10-26-18-33(45(22-32(24)26)30-11-6-5-7-12-30)25(2)43-36-34-31(21-39-35(34)41-23-42-36)27-17-28(37(46-4)40-19-27)20-38-29-13-15-44(3)16-14-29/h5-12,17-19,21,23,25,29,38H,13-16,20,22H2,1-4H3,(H2,39,41,42,43)/t25-/m0/s1. The van der Waals surface area contributed by atoms with Crippen molar-refractivity contribution in [3.8, 4) is 17.0 Å². The molecule has 2 aromatic carbocycles. The molecule has 5 heterocycles. The first-order valence-electron chi connectivity index (χ1n) is 16.1. The van der Waals surface area contributed by atoms with Crippen molar-refractivity contribution in [1.82, 2.24) is 30.2 Å². The van der Waals surface area contributed by atoms with Gasteiger partial charge in [-0.15, -0.1) is 0 Å². The van der Waals surface area contributed by atoms with Crippen LogP contribution < -0.4 is 20.3 Å². The summed E-state index contributed by atoms with van der Waals surface area (Å²) in [6.45, 7) is 8.13. The third-order valence-electron chi connectivity index (χ3n) is 9.44. The Kier molecular flexibility index (Phi) is 8.43. The van der Waals surface area contributed by atoms with Crippen LogP contribution in [0.15, 0.2) is 79.0 Å². The van der Waals surface area contributed by atoms with Gasteiger partial charge in [-0.25, -0.2) is 15.0 Å². The normalized spacial score (nSPS) is 16.3. The fraction of sp³-hybridized carbons (Fsp3) is 0.324. The molecular formula is C37H42N8O. The SMILES string of the molecule is COc1ncc(-c2c[nH]c3ncnc(N[C@@H](C)C4=Cc5cccc(C)c5CN4c4ccccc4)c23)cc1CNC1CCN(C)CC1. The second-order valence-electron chi connectivity index (χ2n) is 12.5. The fourth-order valence-electron chi connectivity index (χ4n) is 6.77. The third-order valence-corrected chi connectivity index (χ3v) is 9.44. The molecule has 1 fully saturated rings. The molecule has 0 unspecified atom stereocenters. The van der Waals surface area contributed by atoms with Gasteiger partial charge in [0, 0.05) is 59.6 Å². The molecule has 0 amide bonds. The monoisotopic (exact) mass is 614 g/mol. The number of fused-ring (bicyclic) bond motifs is 2. The van der Waals surface area contributed by atoms with Crippen molar-refractivity contribution >= 4 is 28.6 Å². The molecular weight excluding hydrogens is 572 g/mol. The molecule has 3 aromatic heterocycles. The van der Waals surface area contributed by atoms with Gasteiger partial charge in [-0.2, -0.15) is 0 Å². The number of H-pyrrole nitrogens is 1. The zero-order valence-electron chi connectivity index (χ0n) is 27.0.